The van der Waals surface area contributed by atoms with Crippen LogP contribution in [0.3, 0.4) is 0 Å². The molecular weight excluding hydrogens is 351 g/mol. The number of allylic oxidation sites excluding steroid dienone is 1. The Morgan fingerprint density at radius 3 is 2.76 bits per heavy atom. The Morgan fingerprint density at radius 2 is 2.12 bits per heavy atom. The van der Waals surface area contributed by atoms with E-state index in [0.29, 0.717) is 25.1 Å². The molecule has 25 heavy (non-hydrogen) atoms. The van der Waals surface area contributed by atoms with Gasteiger partial charge in [-0.15, -0.1) is 0 Å². The van der Waals surface area contributed by atoms with Crippen molar-refractivity contribution in [3.63, 3.8) is 0 Å². The van der Waals surface area contributed by atoms with Crippen molar-refractivity contribution < 1.29 is 18.0 Å². The zero-order valence-corrected chi connectivity index (χ0v) is 13.9. The normalized spacial score (nSPS) is 18.2. The van der Waals surface area contributed by atoms with Crippen molar-refractivity contribution in [3.05, 3.63) is 46.0 Å². The molecular formula is C17H14F3N3OS. The van der Waals surface area contributed by atoms with E-state index >= 15 is 0 Å². The lowest BCUT2D eigenvalue weighted by Crippen LogP contribution is -2.21. The first-order valence-electron chi connectivity index (χ1n) is 7.59. The smallest absolute Gasteiger partial charge is 0.349 e. The number of ketones is 1. The van der Waals surface area contributed by atoms with Crippen molar-refractivity contribution in [1.29, 1.82) is 5.26 Å². The monoisotopic (exact) mass is 365 g/mol. The van der Waals surface area contributed by atoms with Crippen molar-refractivity contribution in [1.82, 2.24) is 5.32 Å². The molecule has 0 spiro atoms. The number of nitrogens with one attached hydrogen (secondary N) is 2. The van der Waals surface area contributed by atoms with Gasteiger partial charge in [0.05, 0.1) is 22.0 Å². The highest BCUT2D eigenvalue weighted by Crippen LogP contribution is 2.42. The molecule has 0 saturated heterocycles. The Hall–Kier alpha value is -2.24. The fourth-order valence-corrected chi connectivity index (χ4v) is 3.75. The van der Waals surface area contributed by atoms with Crippen molar-refractivity contribution >= 4 is 28.8 Å². The number of thioether (sulfide) groups is 1. The van der Waals surface area contributed by atoms with Gasteiger partial charge in [0.25, 0.3) is 0 Å². The third-order valence-corrected chi connectivity index (χ3v) is 4.97. The first-order valence-corrected chi connectivity index (χ1v) is 8.58. The van der Waals surface area contributed by atoms with Crippen LogP contribution in [0.25, 0.3) is 5.57 Å². The van der Waals surface area contributed by atoms with Crippen LogP contribution in [-0.2, 0) is 11.0 Å². The Balaban J connectivity index is 2.08. The largest absolute Gasteiger partial charge is 0.418 e. The van der Waals surface area contributed by atoms with E-state index in [1.165, 1.54) is 12.1 Å². The highest BCUT2D eigenvalue weighted by atomic mass is 32.2. The summed E-state index contributed by atoms with van der Waals surface area (Å²) in [5.74, 6) is -0.316. The average molecular weight is 365 g/mol. The molecule has 0 aromatic heterocycles. The van der Waals surface area contributed by atoms with Gasteiger partial charge in [0.1, 0.15) is 11.6 Å². The van der Waals surface area contributed by atoms with E-state index in [2.05, 4.69) is 10.6 Å². The van der Waals surface area contributed by atoms with E-state index in [1.807, 2.05) is 0 Å². The van der Waals surface area contributed by atoms with E-state index in [1.54, 1.807) is 18.2 Å². The number of benzene rings is 1. The van der Waals surface area contributed by atoms with Crippen molar-refractivity contribution in [2.45, 2.75) is 12.6 Å². The molecule has 2 aliphatic heterocycles. The molecule has 4 nitrogen and oxygen atoms in total. The molecule has 0 unspecified atom stereocenters. The van der Waals surface area contributed by atoms with Crippen LogP contribution < -0.4 is 10.6 Å². The molecule has 3 rings (SSSR count). The SMILES string of the molecule is N#CC1=C(Nc2cccc(C3=CCNCC3)c2C(F)(F)F)SCC1=O. The van der Waals surface area contributed by atoms with Crippen molar-refractivity contribution in [3.8, 4) is 6.07 Å². The molecule has 0 fully saturated rings. The standard InChI is InChI=1S/C17H14F3N3OS/c18-17(19,20)15-11(10-4-6-22-7-5-10)2-1-3-13(15)23-16-12(8-21)14(24)9-25-16/h1-4,22-23H,5-7,9H2. The number of rotatable bonds is 3. The lowest BCUT2D eigenvalue weighted by Gasteiger charge is -2.22. The first kappa shape index (κ1) is 17.6. The molecule has 0 bridgehead atoms. The number of nitrogens with zero attached hydrogens (tertiary/aromatic N) is 1. The average Bonchev–Trinajstić information content (AvgIpc) is 2.94. The minimum atomic E-state index is -4.56. The number of carbonyl (C=O) groups excluding carboxylic acids is 1. The van der Waals surface area contributed by atoms with Gasteiger partial charge in [-0.25, -0.2) is 0 Å². The minimum absolute atomic E-state index is 0.0586. The second kappa shape index (κ2) is 6.94. The number of anilines is 1. The number of hydrogen-bond donors (Lipinski definition) is 2. The van der Waals surface area contributed by atoms with Crippen LogP contribution in [0.1, 0.15) is 17.5 Å². The summed E-state index contributed by atoms with van der Waals surface area (Å²) in [6.45, 7) is 1.15. The van der Waals surface area contributed by atoms with Gasteiger partial charge in [-0.05, 0) is 30.2 Å². The van der Waals surface area contributed by atoms with Crippen molar-refractivity contribution in [2.75, 3.05) is 24.2 Å². The lowest BCUT2D eigenvalue weighted by molar-refractivity contribution is -0.137. The Labute approximate surface area is 146 Å². The van der Waals surface area contributed by atoms with Gasteiger partial charge in [-0.3, -0.25) is 4.79 Å². The van der Waals surface area contributed by atoms with Crippen LogP contribution in [-0.4, -0.2) is 24.6 Å². The molecule has 0 aliphatic carbocycles. The minimum Gasteiger partial charge on any atom is -0.349 e. The molecule has 0 radical (unpaired) electrons. The van der Waals surface area contributed by atoms with Gasteiger partial charge in [0.2, 0.25) is 0 Å². The van der Waals surface area contributed by atoms with Gasteiger partial charge in [0.15, 0.2) is 5.78 Å². The second-order valence-corrected chi connectivity index (χ2v) is 6.55. The summed E-state index contributed by atoms with van der Waals surface area (Å²) in [5.41, 5.74) is -0.265. The summed E-state index contributed by atoms with van der Waals surface area (Å²) in [7, 11) is 0. The summed E-state index contributed by atoms with van der Waals surface area (Å²) < 4.78 is 41.3. The lowest BCUT2D eigenvalue weighted by atomic mass is 9.94. The van der Waals surface area contributed by atoms with E-state index < -0.39 is 11.7 Å². The van der Waals surface area contributed by atoms with Crippen LogP contribution in [0.2, 0.25) is 0 Å². The molecule has 0 saturated carbocycles. The van der Waals surface area contributed by atoms with E-state index in [4.69, 9.17) is 5.26 Å². The van der Waals surface area contributed by atoms with E-state index in [9.17, 15) is 18.0 Å². The molecule has 2 N–H and O–H groups in total. The topological polar surface area (TPSA) is 64.9 Å². The summed E-state index contributed by atoms with van der Waals surface area (Å²) in [6, 6.07) is 6.09. The fraction of sp³-hybridized carbons (Fsp3) is 0.294. The molecule has 0 amide bonds. The maximum absolute atomic E-state index is 13.8. The fourth-order valence-electron chi connectivity index (χ4n) is 2.84. The van der Waals surface area contributed by atoms with E-state index in [0.717, 1.165) is 11.8 Å². The molecule has 0 atom stereocenters. The van der Waals surface area contributed by atoms with Crippen LogP contribution in [0.4, 0.5) is 18.9 Å². The molecule has 8 heteroatoms. The zero-order chi connectivity index (χ0) is 18.0. The maximum atomic E-state index is 13.8. The molecule has 2 heterocycles. The van der Waals surface area contributed by atoms with Gasteiger partial charge >= 0.3 is 6.18 Å². The number of alkyl halides is 3. The highest BCUT2D eigenvalue weighted by Gasteiger charge is 2.38. The number of carbonyl (C=O) groups is 1. The van der Waals surface area contributed by atoms with Crippen LogP contribution in [0.5, 0.6) is 0 Å². The summed E-state index contributed by atoms with van der Waals surface area (Å²) in [4.78, 5) is 11.6. The maximum Gasteiger partial charge on any atom is 0.418 e. The molecule has 130 valence electrons. The first-order chi connectivity index (χ1) is 11.9. The van der Waals surface area contributed by atoms with E-state index in [-0.39, 0.29) is 33.4 Å². The number of Topliss-reactive ketones (excluding diaryl/α,β-unsaturated/α-hetero) is 1. The molecule has 1 aromatic carbocycles. The molecule has 1 aromatic rings. The zero-order valence-electron chi connectivity index (χ0n) is 13.0. The summed E-state index contributed by atoms with van der Waals surface area (Å²) >= 11 is 1.04. The number of halogens is 3. The van der Waals surface area contributed by atoms with Crippen molar-refractivity contribution in [2.24, 2.45) is 0 Å². The summed E-state index contributed by atoms with van der Waals surface area (Å²) in [6.07, 6.45) is -2.30. The van der Waals surface area contributed by atoms with Crippen LogP contribution >= 0.6 is 11.8 Å². The Morgan fingerprint density at radius 1 is 1.32 bits per heavy atom. The second-order valence-electron chi connectivity index (χ2n) is 5.56. The molecule has 2 aliphatic rings. The van der Waals surface area contributed by atoms with Crippen LogP contribution in [0.15, 0.2) is 34.9 Å². The third kappa shape index (κ3) is 3.57. The van der Waals surface area contributed by atoms with Gasteiger partial charge in [-0.2, -0.15) is 18.4 Å². The van der Waals surface area contributed by atoms with Crippen LogP contribution in [0, 0.1) is 11.3 Å². The summed E-state index contributed by atoms with van der Waals surface area (Å²) in [5, 5.41) is 15.0. The number of nitriles is 1. The van der Waals surface area contributed by atoms with Gasteiger partial charge in [0, 0.05) is 6.54 Å². The van der Waals surface area contributed by atoms with Gasteiger partial charge in [-0.1, -0.05) is 30.0 Å². The quantitative estimate of drug-likeness (QED) is 0.858. The highest BCUT2D eigenvalue weighted by molar-refractivity contribution is 8.04. The number of hydrogen-bond acceptors (Lipinski definition) is 5. The predicted octanol–water partition coefficient (Wildman–Crippen LogP) is 3.55. The Bertz CT molecular complexity index is 821. The predicted molar refractivity (Wildman–Crippen MR) is 90.6 cm³/mol. The third-order valence-electron chi connectivity index (χ3n) is 3.97. The Kier molecular flexibility index (Phi) is 4.88. The van der Waals surface area contributed by atoms with Gasteiger partial charge < -0.3 is 10.6 Å².